The Morgan fingerprint density at radius 1 is 1.09 bits per heavy atom. The van der Waals surface area contributed by atoms with Crippen LogP contribution >= 0.6 is 23.2 Å². The lowest BCUT2D eigenvalue weighted by molar-refractivity contribution is 0.506. The summed E-state index contributed by atoms with van der Waals surface area (Å²) in [6, 6.07) is 4.38. The molecule has 1 N–H and O–H groups in total. The lowest BCUT2D eigenvalue weighted by Crippen LogP contribution is -2.42. The molecule has 0 aromatic heterocycles. The van der Waals surface area contributed by atoms with Crippen molar-refractivity contribution >= 4 is 49.1 Å². The Kier molecular flexibility index (Phi) is 6.48. The zero-order valence-electron chi connectivity index (χ0n) is 12.2. The SMILES string of the molecule is CN(C)S(=O)(=O)NCCN(c1ccc(Cl)c(Cl)c1)S(C)(=O)=O. The van der Waals surface area contributed by atoms with Crippen LogP contribution in [0.15, 0.2) is 18.2 Å². The van der Waals surface area contributed by atoms with E-state index in [9.17, 15) is 16.8 Å². The highest BCUT2D eigenvalue weighted by molar-refractivity contribution is 7.92. The van der Waals surface area contributed by atoms with E-state index in [1.165, 1.54) is 32.3 Å². The molecule has 126 valence electrons. The summed E-state index contributed by atoms with van der Waals surface area (Å²) in [4.78, 5) is 0. The van der Waals surface area contributed by atoms with Crippen LogP contribution in [0, 0.1) is 0 Å². The molecule has 0 fully saturated rings. The average molecular weight is 390 g/mol. The summed E-state index contributed by atoms with van der Waals surface area (Å²) in [7, 11) is -4.48. The lowest BCUT2D eigenvalue weighted by Gasteiger charge is -2.23. The molecule has 0 heterocycles. The third-order valence-corrected chi connectivity index (χ3v) is 6.14. The van der Waals surface area contributed by atoms with E-state index in [0.29, 0.717) is 10.7 Å². The maximum Gasteiger partial charge on any atom is 0.278 e. The summed E-state index contributed by atoms with van der Waals surface area (Å²) in [6.45, 7) is -0.169. The van der Waals surface area contributed by atoms with E-state index in [-0.39, 0.29) is 18.1 Å². The monoisotopic (exact) mass is 389 g/mol. The van der Waals surface area contributed by atoms with Crippen molar-refractivity contribution in [2.45, 2.75) is 0 Å². The van der Waals surface area contributed by atoms with Crippen molar-refractivity contribution in [1.29, 1.82) is 0 Å². The zero-order chi connectivity index (χ0) is 17.1. The van der Waals surface area contributed by atoms with Crippen LogP contribution in [0.4, 0.5) is 5.69 Å². The number of rotatable bonds is 7. The Bertz CT molecular complexity index is 736. The largest absolute Gasteiger partial charge is 0.278 e. The van der Waals surface area contributed by atoms with E-state index in [4.69, 9.17) is 23.2 Å². The van der Waals surface area contributed by atoms with Crippen LogP contribution in [0.5, 0.6) is 0 Å². The third kappa shape index (κ3) is 5.25. The fraction of sp³-hybridized carbons (Fsp3) is 0.455. The van der Waals surface area contributed by atoms with Gasteiger partial charge in [-0.15, -0.1) is 0 Å². The summed E-state index contributed by atoms with van der Waals surface area (Å²) in [5.74, 6) is 0. The molecular formula is C11H17Cl2N3O4S2. The number of hydrogen-bond donors (Lipinski definition) is 1. The van der Waals surface area contributed by atoms with Gasteiger partial charge in [-0.3, -0.25) is 4.31 Å². The molecule has 1 rings (SSSR count). The number of benzene rings is 1. The first-order chi connectivity index (χ1) is 9.95. The van der Waals surface area contributed by atoms with Crippen LogP contribution < -0.4 is 9.03 Å². The number of sulfonamides is 1. The van der Waals surface area contributed by atoms with Gasteiger partial charge in [0.1, 0.15) is 0 Å². The van der Waals surface area contributed by atoms with Gasteiger partial charge in [0.05, 0.1) is 22.0 Å². The highest BCUT2D eigenvalue weighted by Gasteiger charge is 2.20. The Morgan fingerprint density at radius 2 is 1.68 bits per heavy atom. The van der Waals surface area contributed by atoms with Gasteiger partial charge < -0.3 is 0 Å². The molecule has 0 saturated heterocycles. The zero-order valence-corrected chi connectivity index (χ0v) is 15.4. The smallest absolute Gasteiger partial charge is 0.269 e. The van der Waals surface area contributed by atoms with Crippen LogP contribution in [-0.2, 0) is 20.2 Å². The first-order valence-electron chi connectivity index (χ1n) is 6.05. The van der Waals surface area contributed by atoms with Gasteiger partial charge in [0, 0.05) is 27.2 Å². The second-order valence-corrected chi connectivity index (χ2v) is 9.31. The highest BCUT2D eigenvalue weighted by atomic mass is 35.5. The van der Waals surface area contributed by atoms with Gasteiger partial charge in [0.2, 0.25) is 10.0 Å². The minimum atomic E-state index is -3.62. The molecule has 0 unspecified atom stereocenters. The minimum Gasteiger partial charge on any atom is -0.269 e. The number of anilines is 1. The summed E-state index contributed by atoms with van der Waals surface area (Å²) in [5, 5.41) is 0.508. The van der Waals surface area contributed by atoms with Crippen molar-refractivity contribution in [2.24, 2.45) is 0 Å². The topological polar surface area (TPSA) is 86.8 Å². The van der Waals surface area contributed by atoms with E-state index in [2.05, 4.69) is 4.72 Å². The average Bonchev–Trinajstić information content (AvgIpc) is 2.36. The van der Waals surface area contributed by atoms with Gasteiger partial charge in [-0.1, -0.05) is 23.2 Å². The molecule has 1 aromatic rings. The molecule has 22 heavy (non-hydrogen) atoms. The van der Waals surface area contributed by atoms with Gasteiger partial charge in [0.15, 0.2) is 0 Å². The van der Waals surface area contributed by atoms with E-state index < -0.39 is 20.2 Å². The molecule has 7 nitrogen and oxygen atoms in total. The van der Waals surface area contributed by atoms with Crippen LogP contribution in [0.1, 0.15) is 0 Å². The van der Waals surface area contributed by atoms with Crippen LogP contribution in [-0.4, -0.2) is 54.6 Å². The van der Waals surface area contributed by atoms with Crippen molar-refractivity contribution in [3.8, 4) is 0 Å². The van der Waals surface area contributed by atoms with E-state index >= 15 is 0 Å². The molecule has 0 spiro atoms. The summed E-state index contributed by atoms with van der Waals surface area (Å²) in [6.07, 6.45) is 1.02. The predicted octanol–water partition coefficient (Wildman–Crippen LogP) is 1.16. The third-order valence-electron chi connectivity index (χ3n) is 2.67. The summed E-state index contributed by atoms with van der Waals surface area (Å²) >= 11 is 11.7. The predicted molar refractivity (Wildman–Crippen MR) is 89.3 cm³/mol. The summed E-state index contributed by atoms with van der Waals surface area (Å²) in [5.41, 5.74) is 0.306. The molecule has 0 aliphatic carbocycles. The van der Waals surface area contributed by atoms with Crippen LogP contribution in [0.25, 0.3) is 0 Å². The Labute approximate surface area is 141 Å². The van der Waals surface area contributed by atoms with E-state index in [1.807, 2.05) is 0 Å². The molecule has 0 bridgehead atoms. The number of nitrogens with zero attached hydrogens (tertiary/aromatic N) is 2. The number of hydrogen-bond acceptors (Lipinski definition) is 4. The standard InChI is InChI=1S/C11H17Cl2N3O4S2/c1-15(2)22(19,20)14-6-7-16(21(3,17)18)9-4-5-10(12)11(13)8-9/h4-5,8,14H,6-7H2,1-3H3. The molecule has 0 aliphatic heterocycles. The normalized spacial score (nSPS) is 12.6. The maximum atomic E-state index is 11.9. The quantitative estimate of drug-likeness (QED) is 0.757. The van der Waals surface area contributed by atoms with Gasteiger partial charge in [-0.05, 0) is 18.2 Å². The van der Waals surface area contributed by atoms with E-state index in [0.717, 1.165) is 14.9 Å². The van der Waals surface area contributed by atoms with Crippen molar-refractivity contribution in [2.75, 3.05) is 37.7 Å². The van der Waals surface area contributed by atoms with Crippen molar-refractivity contribution < 1.29 is 16.8 Å². The molecule has 11 heteroatoms. The molecule has 0 atom stereocenters. The molecule has 0 aliphatic rings. The van der Waals surface area contributed by atoms with Gasteiger partial charge >= 0.3 is 0 Å². The molecule has 0 saturated carbocycles. The fourth-order valence-electron chi connectivity index (χ4n) is 1.53. The van der Waals surface area contributed by atoms with Gasteiger partial charge in [-0.2, -0.15) is 12.7 Å². The van der Waals surface area contributed by atoms with Gasteiger partial charge in [0.25, 0.3) is 10.2 Å². The fourth-order valence-corrected chi connectivity index (χ4v) is 3.35. The van der Waals surface area contributed by atoms with Crippen LogP contribution in [0.3, 0.4) is 0 Å². The molecule has 0 amide bonds. The summed E-state index contributed by atoms with van der Waals surface area (Å²) < 4.78 is 51.3. The number of halogens is 2. The maximum absolute atomic E-state index is 11.9. The molecule has 0 radical (unpaired) electrons. The van der Waals surface area contributed by atoms with Crippen molar-refractivity contribution in [3.05, 3.63) is 28.2 Å². The Balaban J connectivity index is 2.95. The van der Waals surface area contributed by atoms with Crippen molar-refractivity contribution in [3.63, 3.8) is 0 Å². The Morgan fingerprint density at radius 3 is 2.14 bits per heavy atom. The highest BCUT2D eigenvalue weighted by Crippen LogP contribution is 2.28. The number of nitrogens with one attached hydrogen (secondary N) is 1. The first-order valence-corrected chi connectivity index (χ1v) is 10.1. The Hall–Kier alpha value is -0.580. The van der Waals surface area contributed by atoms with Gasteiger partial charge in [-0.25, -0.2) is 13.1 Å². The molecular weight excluding hydrogens is 373 g/mol. The van der Waals surface area contributed by atoms with Crippen LogP contribution in [0.2, 0.25) is 10.0 Å². The van der Waals surface area contributed by atoms with Crippen molar-refractivity contribution in [1.82, 2.24) is 9.03 Å². The lowest BCUT2D eigenvalue weighted by atomic mass is 10.3. The van der Waals surface area contributed by atoms with E-state index in [1.54, 1.807) is 0 Å². The minimum absolute atomic E-state index is 0.0795. The second kappa shape index (κ2) is 7.33. The first kappa shape index (κ1) is 19.5. The second-order valence-electron chi connectivity index (χ2n) is 4.62. The molecule has 1 aromatic carbocycles.